The Balaban J connectivity index is 1.44. The summed E-state index contributed by atoms with van der Waals surface area (Å²) in [5.74, 6) is -0.0905. The van der Waals surface area contributed by atoms with Crippen LogP contribution in [-0.2, 0) is 17.6 Å². The number of amides is 3. The largest absolute Gasteiger partial charge is 0.456 e. The van der Waals surface area contributed by atoms with Gasteiger partial charge in [0, 0.05) is 24.2 Å². The minimum atomic E-state index is -4.66. The van der Waals surface area contributed by atoms with E-state index in [1.54, 1.807) is 18.3 Å². The number of ether oxygens (including phenoxy) is 1. The summed E-state index contributed by atoms with van der Waals surface area (Å²) in [7, 11) is 0. The Morgan fingerprint density at radius 1 is 1.03 bits per heavy atom. The number of nitrogens with zero attached hydrogens (tertiary/aromatic N) is 4. The van der Waals surface area contributed by atoms with Gasteiger partial charge in [0.05, 0.1) is 28.5 Å². The summed E-state index contributed by atoms with van der Waals surface area (Å²) < 4.78 is 58.9. The van der Waals surface area contributed by atoms with Crippen molar-refractivity contribution >= 4 is 34.3 Å². The fraction of sp³-hybridized carbons (Fsp3) is 0.130. The summed E-state index contributed by atoms with van der Waals surface area (Å²) in [6.07, 6.45) is 0.225. The number of alkyl halides is 4. The number of carbonyl (C=O) groups is 2. The lowest BCUT2D eigenvalue weighted by Gasteiger charge is -2.19. The van der Waals surface area contributed by atoms with Crippen molar-refractivity contribution in [3.05, 3.63) is 72.3 Å². The maximum atomic E-state index is 13.9. The van der Waals surface area contributed by atoms with Gasteiger partial charge in [0.1, 0.15) is 30.4 Å². The summed E-state index contributed by atoms with van der Waals surface area (Å²) in [5.41, 5.74) is -0.521. The quantitative estimate of drug-likeness (QED) is 0.310. The molecule has 4 aromatic rings. The lowest BCUT2D eigenvalue weighted by molar-refractivity contribution is -0.137. The molecule has 1 N–H and O–H groups in total. The maximum absolute atomic E-state index is 13.9. The molecule has 0 atom stereocenters. The van der Waals surface area contributed by atoms with E-state index < -0.39 is 36.9 Å². The van der Waals surface area contributed by atoms with Crippen LogP contribution < -0.4 is 14.5 Å². The van der Waals surface area contributed by atoms with Crippen LogP contribution >= 0.6 is 0 Å². The van der Waals surface area contributed by atoms with Gasteiger partial charge in [-0.1, -0.05) is 0 Å². The first-order valence-electron chi connectivity index (χ1n) is 10.2. The highest BCUT2D eigenvalue weighted by molar-refractivity contribution is 6.27. The Morgan fingerprint density at radius 2 is 1.86 bits per heavy atom. The van der Waals surface area contributed by atoms with Gasteiger partial charge < -0.3 is 9.72 Å². The third-order valence-corrected chi connectivity index (χ3v) is 5.41. The van der Waals surface area contributed by atoms with Crippen molar-refractivity contribution in [1.82, 2.24) is 15.0 Å². The number of imide groups is 1. The first-order chi connectivity index (χ1) is 16.8. The van der Waals surface area contributed by atoms with Crippen LogP contribution in [0.1, 0.15) is 11.1 Å². The van der Waals surface area contributed by atoms with Crippen molar-refractivity contribution in [2.24, 2.45) is 0 Å². The number of urea groups is 1. The molecule has 35 heavy (non-hydrogen) atoms. The minimum absolute atomic E-state index is 0.0592. The van der Waals surface area contributed by atoms with Crippen LogP contribution in [0.2, 0.25) is 0 Å². The van der Waals surface area contributed by atoms with Crippen LogP contribution in [0.5, 0.6) is 11.5 Å². The molecule has 0 saturated carbocycles. The number of halogens is 4. The third-order valence-electron chi connectivity index (χ3n) is 5.41. The van der Waals surface area contributed by atoms with Crippen LogP contribution in [0.15, 0.2) is 61.2 Å². The van der Waals surface area contributed by atoms with Gasteiger partial charge in [-0.05, 0) is 36.4 Å². The van der Waals surface area contributed by atoms with E-state index in [9.17, 15) is 27.2 Å². The van der Waals surface area contributed by atoms with E-state index in [2.05, 4.69) is 15.0 Å². The van der Waals surface area contributed by atoms with Crippen LogP contribution in [0.25, 0.3) is 11.0 Å². The van der Waals surface area contributed by atoms with Crippen LogP contribution in [0, 0.1) is 0 Å². The second-order valence-electron chi connectivity index (χ2n) is 7.60. The van der Waals surface area contributed by atoms with E-state index in [-0.39, 0.29) is 22.7 Å². The number of hydrogen-bond donors (Lipinski definition) is 1. The minimum Gasteiger partial charge on any atom is -0.456 e. The van der Waals surface area contributed by atoms with E-state index in [1.807, 2.05) is 0 Å². The molecule has 3 amide bonds. The molecular weight excluding hydrogens is 470 g/mol. The highest BCUT2D eigenvalue weighted by Gasteiger charge is 2.40. The Labute approximate surface area is 194 Å². The van der Waals surface area contributed by atoms with Gasteiger partial charge >= 0.3 is 12.2 Å². The second kappa shape index (κ2) is 8.38. The van der Waals surface area contributed by atoms with Crippen molar-refractivity contribution in [1.29, 1.82) is 0 Å². The molecule has 8 nitrogen and oxygen atoms in total. The summed E-state index contributed by atoms with van der Waals surface area (Å²) in [4.78, 5) is 37.9. The Hall–Kier alpha value is -4.48. The molecule has 1 aromatic carbocycles. The number of anilines is 2. The lowest BCUT2D eigenvalue weighted by atomic mass is 10.1. The predicted molar refractivity (Wildman–Crippen MR) is 117 cm³/mol. The zero-order valence-electron chi connectivity index (χ0n) is 17.7. The number of fused-ring (bicyclic) bond motifs is 1. The first-order valence-corrected chi connectivity index (χ1v) is 10.2. The van der Waals surface area contributed by atoms with Crippen molar-refractivity contribution < 1.29 is 31.9 Å². The van der Waals surface area contributed by atoms with E-state index in [4.69, 9.17) is 4.74 Å². The van der Waals surface area contributed by atoms with Crippen molar-refractivity contribution in [2.45, 2.75) is 12.9 Å². The third kappa shape index (κ3) is 4.03. The summed E-state index contributed by atoms with van der Waals surface area (Å²) in [6.45, 7) is -1.45. The molecule has 178 valence electrons. The number of benzene rings is 1. The average molecular weight is 485 g/mol. The zero-order chi connectivity index (χ0) is 24.7. The molecule has 0 radical (unpaired) electrons. The molecule has 1 aliphatic rings. The summed E-state index contributed by atoms with van der Waals surface area (Å²) in [6, 6.07) is 7.32. The number of pyridine rings is 2. The van der Waals surface area contributed by atoms with Gasteiger partial charge in [-0.15, -0.1) is 0 Å². The first kappa shape index (κ1) is 22.3. The zero-order valence-corrected chi connectivity index (χ0v) is 17.7. The SMILES string of the molecule is O=C1CN(c2cncc(C(F)(F)F)c2)C(=O)N1c1ccc(Oc2ccnc3[nH]ccc23)c(CF)c1. The lowest BCUT2D eigenvalue weighted by Crippen LogP contribution is -2.33. The molecule has 0 unspecified atom stereocenters. The Bertz CT molecular complexity index is 1450. The summed E-state index contributed by atoms with van der Waals surface area (Å²) in [5, 5.41) is 0.677. The monoisotopic (exact) mass is 485 g/mol. The molecule has 4 heterocycles. The number of aromatic nitrogens is 3. The Kier molecular flexibility index (Phi) is 5.35. The van der Waals surface area contributed by atoms with Crippen LogP contribution in [-0.4, -0.2) is 33.4 Å². The molecule has 1 saturated heterocycles. The smallest absolute Gasteiger partial charge is 0.417 e. The number of aromatic amines is 1. The van der Waals surface area contributed by atoms with E-state index in [0.717, 1.165) is 22.1 Å². The number of carbonyl (C=O) groups excluding carboxylic acids is 2. The van der Waals surface area contributed by atoms with Crippen molar-refractivity contribution in [3.8, 4) is 11.5 Å². The summed E-state index contributed by atoms with van der Waals surface area (Å²) >= 11 is 0. The number of nitrogens with one attached hydrogen (secondary N) is 1. The van der Waals surface area contributed by atoms with E-state index >= 15 is 0 Å². The van der Waals surface area contributed by atoms with Crippen LogP contribution in [0.4, 0.5) is 33.7 Å². The second-order valence-corrected chi connectivity index (χ2v) is 7.60. The Morgan fingerprint density at radius 3 is 2.63 bits per heavy atom. The number of rotatable bonds is 5. The molecule has 0 aliphatic carbocycles. The fourth-order valence-electron chi connectivity index (χ4n) is 3.74. The number of hydrogen-bond acceptors (Lipinski definition) is 5. The van der Waals surface area contributed by atoms with Gasteiger partial charge in [0.2, 0.25) is 0 Å². The topological polar surface area (TPSA) is 91.4 Å². The van der Waals surface area contributed by atoms with Gasteiger partial charge in [0.15, 0.2) is 0 Å². The molecule has 3 aromatic heterocycles. The molecule has 5 rings (SSSR count). The van der Waals surface area contributed by atoms with Gasteiger partial charge in [0.25, 0.3) is 5.91 Å². The molecule has 0 bridgehead atoms. The predicted octanol–water partition coefficient (Wildman–Crippen LogP) is 5.21. The van der Waals surface area contributed by atoms with Gasteiger partial charge in [-0.3, -0.25) is 14.7 Å². The van der Waals surface area contributed by atoms with Crippen LogP contribution in [0.3, 0.4) is 0 Å². The van der Waals surface area contributed by atoms with E-state index in [0.29, 0.717) is 23.0 Å². The molecule has 1 fully saturated rings. The standard InChI is InChI=1S/C23H15F4N5O3/c24-9-13-7-15(1-2-18(13)35-19-4-6-30-21-17(19)3-5-29-21)32-20(33)12-31(22(32)34)16-8-14(10-28-11-16)23(25,26)27/h1-8,10-11H,9,12H2,(H,29,30). The average Bonchev–Trinajstić information content (AvgIpc) is 3.43. The van der Waals surface area contributed by atoms with Gasteiger partial charge in [-0.2, -0.15) is 13.2 Å². The molecule has 12 heteroatoms. The van der Waals surface area contributed by atoms with E-state index in [1.165, 1.54) is 24.4 Å². The fourth-order valence-corrected chi connectivity index (χ4v) is 3.74. The van der Waals surface area contributed by atoms with Crippen molar-refractivity contribution in [2.75, 3.05) is 16.3 Å². The molecule has 1 aliphatic heterocycles. The number of H-pyrrole nitrogens is 1. The van der Waals surface area contributed by atoms with Crippen molar-refractivity contribution in [3.63, 3.8) is 0 Å². The normalized spacial score (nSPS) is 14.3. The molecule has 0 spiro atoms. The maximum Gasteiger partial charge on any atom is 0.417 e. The highest BCUT2D eigenvalue weighted by atomic mass is 19.4. The highest BCUT2D eigenvalue weighted by Crippen LogP contribution is 2.36. The molecular formula is C23H15F4N5O3. The van der Waals surface area contributed by atoms with Gasteiger partial charge in [-0.25, -0.2) is 19.1 Å².